The fraction of sp³-hybridized carbons (Fsp3) is 0.333. The van der Waals surface area contributed by atoms with Crippen molar-refractivity contribution in [2.45, 2.75) is 25.5 Å². The van der Waals surface area contributed by atoms with E-state index in [1.807, 2.05) is 42.7 Å². The maximum Gasteiger partial charge on any atom is 0.248 e. The molecule has 1 amide bonds. The molecule has 0 bridgehead atoms. The lowest BCUT2D eigenvalue weighted by Gasteiger charge is -2.10. The van der Waals surface area contributed by atoms with Crippen LogP contribution >= 0.6 is 35.6 Å². The van der Waals surface area contributed by atoms with Gasteiger partial charge >= 0.3 is 0 Å². The molecule has 0 aliphatic heterocycles. The summed E-state index contributed by atoms with van der Waals surface area (Å²) in [6.45, 7) is 5.30. The first-order valence-corrected chi connectivity index (χ1v) is 9.47. The van der Waals surface area contributed by atoms with Gasteiger partial charge in [-0.3, -0.25) is 15.6 Å². The number of halogens is 1. The monoisotopic (exact) mass is 398 g/mol. The third-order valence-corrected chi connectivity index (χ3v) is 4.59. The average Bonchev–Trinajstić information content (AvgIpc) is 3.02. The largest absolute Gasteiger partial charge is 0.362 e. The van der Waals surface area contributed by atoms with Gasteiger partial charge in [-0.05, 0) is 50.3 Å². The number of hydrogen-bond donors (Lipinski definition) is 3. The molecule has 0 spiro atoms. The van der Waals surface area contributed by atoms with Crippen molar-refractivity contribution < 1.29 is 4.79 Å². The van der Waals surface area contributed by atoms with Crippen molar-refractivity contribution in [3.63, 3.8) is 0 Å². The summed E-state index contributed by atoms with van der Waals surface area (Å²) in [6, 6.07) is 7.41. The summed E-state index contributed by atoms with van der Waals surface area (Å²) in [4.78, 5) is 11.9. The van der Waals surface area contributed by atoms with E-state index in [0.29, 0.717) is 28.4 Å². The second-order valence-electron chi connectivity index (χ2n) is 4.88. The molecule has 2 aromatic rings. The Labute approximate surface area is 160 Å². The molecule has 0 fully saturated rings. The van der Waals surface area contributed by atoms with Gasteiger partial charge < -0.3 is 9.88 Å². The Morgan fingerprint density at radius 3 is 2.60 bits per heavy atom. The van der Waals surface area contributed by atoms with Crippen LogP contribution in [0.2, 0.25) is 5.02 Å². The van der Waals surface area contributed by atoms with E-state index < -0.39 is 0 Å². The molecule has 0 atom stereocenters. The molecule has 2 rings (SSSR count). The van der Waals surface area contributed by atoms with E-state index >= 15 is 0 Å². The molecule has 3 N–H and O–H groups in total. The molecule has 0 unspecified atom stereocenters. The molecule has 0 aliphatic rings. The highest BCUT2D eigenvalue weighted by Crippen LogP contribution is 2.24. The molecule has 134 valence electrons. The Morgan fingerprint density at radius 1 is 1.24 bits per heavy atom. The highest BCUT2D eigenvalue weighted by atomic mass is 35.5. The number of carbonyl (C=O) groups is 1. The van der Waals surface area contributed by atoms with Gasteiger partial charge in [-0.1, -0.05) is 23.4 Å². The zero-order valence-corrected chi connectivity index (χ0v) is 16.3. The van der Waals surface area contributed by atoms with Crippen molar-refractivity contribution in [3.05, 3.63) is 29.3 Å². The van der Waals surface area contributed by atoms with Gasteiger partial charge in [0.15, 0.2) is 16.1 Å². The molecular weight excluding hydrogens is 380 g/mol. The minimum atomic E-state index is -0.205. The van der Waals surface area contributed by atoms with E-state index in [0.717, 1.165) is 11.4 Å². The zero-order valence-electron chi connectivity index (χ0n) is 13.9. The maximum atomic E-state index is 11.9. The SMILES string of the molecule is CCNC(=S)NNC(=O)CSc1nnc(-c2ccc(Cl)cc2)n1CC. The van der Waals surface area contributed by atoms with Gasteiger partial charge in [-0.25, -0.2) is 0 Å². The first-order valence-electron chi connectivity index (χ1n) is 7.69. The van der Waals surface area contributed by atoms with Crippen LogP contribution in [0.25, 0.3) is 11.4 Å². The van der Waals surface area contributed by atoms with Crippen molar-refractivity contribution in [2.24, 2.45) is 0 Å². The Kier molecular flexibility index (Phi) is 7.48. The van der Waals surface area contributed by atoms with Crippen molar-refractivity contribution in [2.75, 3.05) is 12.3 Å². The van der Waals surface area contributed by atoms with Crippen LogP contribution < -0.4 is 16.2 Å². The van der Waals surface area contributed by atoms with Gasteiger partial charge in [0.1, 0.15) is 0 Å². The van der Waals surface area contributed by atoms with Gasteiger partial charge in [0.2, 0.25) is 5.91 Å². The molecule has 10 heteroatoms. The fourth-order valence-corrected chi connectivity index (χ4v) is 3.11. The Bertz CT molecular complexity index is 734. The van der Waals surface area contributed by atoms with Crippen LogP contribution in [-0.4, -0.2) is 38.1 Å². The molecule has 1 aromatic heterocycles. The van der Waals surface area contributed by atoms with Crippen LogP contribution in [0.4, 0.5) is 0 Å². The Morgan fingerprint density at radius 2 is 1.96 bits per heavy atom. The van der Waals surface area contributed by atoms with Crippen LogP contribution in [0.15, 0.2) is 29.4 Å². The van der Waals surface area contributed by atoms with Gasteiger partial charge in [-0.15, -0.1) is 10.2 Å². The number of nitrogens with one attached hydrogen (secondary N) is 3. The normalized spacial score (nSPS) is 10.4. The van der Waals surface area contributed by atoms with Gasteiger partial charge in [-0.2, -0.15) is 0 Å². The van der Waals surface area contributed by atoms with Gasteiger partial charge in [0, 0.05) is 23.7 Å². The number of hydrogen-bond acceptors (Lipinski definition) is 5. The quantitative estimate of drug-likeness (QED) is 0.391. The summed E-state index contributed by atoms with van der Waals surface area (Å²) in [5.74, 6) is 0.734. The molecule has 1 heterocycles. The summed E-state index contributed by atoms with van der Waals surface area (Å²) in [5.41, 5.74) is 6.09. The molecule has 7 nitrogen and oxygen atoms in total. The highest BCUT2D eigenvalue weighted by molar-refractivity contribution is 7.99. The van der Waals surface area contributed by atoms with Crippen LogP contribution in [0.5, 0.6) is 0 Å². The number of rotatable bonds is 6. The van der Waals surface area contributed by atoms with Gasteiger partial charge in [0.05, 0.1) is 5.75 Å². The van der Waals surface area contributed by atoms with Crippen molar-refractivity contribution in [3.8, 4) is 11.4 Å². The van der Waals surface area contributed by atoms with Crippen molar-refractivity contribution in [1.82, 2.24) is 30.9 Å². The van der Waals surface area contributed by atoms with E-state index in [-0.39, 0.29) is 11.7 Å². The lowest BCUT2D eigenvalue weighted by atomic mass is 10.2. The molecular formula is C15H19ClN6OS2. The smallest absolute Gasteiger partial charge is 0.248 e. The maximum absolute atomic E-state index is 11.9. The van der Waals surface area contributed by atoms with Crippen LogP contribution in [0.3, 0.4) is 0 Å². The number of carbonyl (C=O) groups excluding carboxylic acids is 1. The molecule has 0 saturated carbocycles. The number of benzene rings is 1. The predicted octanol–water partition coefficient (Wildman–Crippen LogP) is 2.23. The summed E-state index contributed by atoms with van der Waals surface area (Å²) in [7, 11) is 0. The minimum Gasteiger partial charge on any atom is -0.362 e. The second-order valence-corrected chi connectivity index (χ2v) is 6.67. The Hall–Kier alpha value is -1.84. The Balaban J connectivity index is 1.97. The average molecular weight is 399 g/mol. The van der Waals surface area contributed by atoms with E-state index in [9.17, 15) is 4.79 Å². The van der Waals surface area contributed by atoms with Crippen LogP contribution in [0.1, 0.15) is 13.8 Å². The minimum absolute atomic E-state index is 0.195. The van der Waals surface area contributed by atoms with Crippen LogP contribution in [-0.2, 0) is 11.3 Å². The van der Waals surface area contributed by atoms with E-state index in [4.69, 9.17) is 23.8 Å². The number of thiocarbonyl (C=S) groups is 1. The lowest BCUT2D eigenvalue weighted by Crippen LogP contribution is -2.47. The molecule has 25 heavy (non-hydrogen) atoms. The third kappa shape index (κ3) is 5.58. The number of amides is 1. The van der Waals surface area contributed by atoms with Gasteiger partial charge in [0.25, 0.3) is 0 Å². The van der Waals surface area contributed by atoms with Crippen molar-refractivity contribution >= 4 is 46.6 Å². The number of hydrazine groups is 1. The van der Waals surface area contributed by atoms with E-state index in [1.165, 1.54) is 11.8 Å². The molecule has 0 aliphatic carbocycles. The fourth-order valence-electron chi connectivity index (χ4n) is 1.99. The highest BCUT2D eigenvalue weighted by Gasteiger charge is 2.14. The number of aromatic nitrogens is 3. The third-order valence-electron chi connectivity index (χ3n) is 3.12. The number of thioether (sulfide) groups is 1. The second kappa shape index (κ2) is 9.59. The summed E-state index contributed by atoms with van der Waals surface area (Å²) in [6.07, 6.45) is 0. The topological polar surface area (TPSA) is 83.9 Å². The van der Waals surface area contributed by atoms with Crippen molar-refractivity contribution in [1.29, 1.82) is 0 Å². The zero-order chi connectivity index (χ0) is 18.2. The van der Waals surface area contributed by atoms with E-state index in [1.54, 1.807) is 0 Å². The summed E-state index contributed by atoms with van der Waals surface area (Å²) < 4.78 is 1.96. The first kappa shape index (κ1) is 19.5. The molecule has 1 aromatic carbocycles. The molecule has 0 radical (unpaired) electrons. The van der Waals surface area contributed by atoms with E-state index in [2.05, 4.69) is 26.4 Å². The number of nitrogens with zero attached hydrogens (tertiary/aromatic N) is 3. The van der Waals surface area contributed by atoms with Crippen LogP contribution in [0, 0.1) is 0 Å². The first-order chi connectivity index (χ1) is 12.0. The lowest BCUT2D eigenvalue weighted by molar-refractivity contribution is -0.119. The summed E-state index contributed by atoms with van der Waals surface area (Å²) in [5, 5.41) is 13.0. The summed E-state index contributed by atoms with van der Waals surface area (Å²) >= 11 is 12.2. The predicted molar refractivity (Wildman–Crippen MR) is 104 cm³/mol. The standard InChI is InChI=1S/C15H19ClN6OS2/c1-3-17-14(24)20-18-12(23)9-25-15-21-19-13(22(15)4-2)10-5-7-11(16)8-6-10/h5-8H,3-4,9H2,1-2H3,(H,18,23)(H2,17,20,24). The molecule has 0 saturated heterocycles.